The van der Waals surface area contributed by atoms with Crippen molar-refractivity contribution in [2.24, 2.45) is 18.9 Å². The van der Waals surface area contributed by atoms with Gasteiger partial charge in [0, 0.05) is 31.7 Å². The van der Waals surface area contributed by atoms with Gasteiger partial charge in [0.1, 0.15) is 23.9 Å². The van der Waals surface area contributed by atoms with Crippen LogP contribution in [0.25, 0.3) is 11.0 Å². The van der Waals surface area contributed by atoms with E-state index in [0.717, 1.165) is 35.2 Å². The number of piperidine rings is 1. The quantitative estimate of drug-likeness (QED) is 0.219. The molecular weight excluding hydrogens is 554 g/mol. The Kier molecular flexibility index (Phi) is 8.12. The minimum Gasteiger partial charge on any atom is -0.457 e. The van der Waals surface area contributed by atoms with E-state index in [4.69, 9.17) is 9.72 Å². The van der Waals surface area contributed by atoms with Crippen LogP contribution in [0.4, 0.5) is 10.5 Å². The van der Waals surface area contributed by atoms with Crippen LogP contribution < -0.4 is 9.64 Å². The smallest absolute Gasteiger partial charge is 0.332 e. The highest BCUT2D eigenvalue weighted by atomic mass is 16.5. The second kappa shape index (κ2) is 12.1. The van der Waals surface area contributed by atoms with Gasteiger partial charge in [-0.3, -0.25) is 19.4 Å². The summed E-state index contributed by atoms with van der Waals surface area (Å²) >= 11 is 0. The highest BCUT2D eigenvalue weighted by Gasteiger charge is 2.44. The summed E-state index contributed by atoms with van der Waals surface area (Å²) in [4.78, 5) is 50.2. The standard InChI is InChI=1S/C35H39N5O4/c1-23(2)34(42)38-18-16-25(17-19-38)21-31(33-36-29-15-10-24(3)20-30(29)37(33)4)40-32(41)22-39(35(40)43)26-11-13-28(14-12-26)44-27-8-6-5-7-9-27/h5-15,20,23,25,31H,16-19,21-22H2,1-4H3/t31-/m1/s1. The molecule has 2 fully saturated rings. The molecule has 6 rings (SSSR count). The molecule has 1 aromatic heterocycles. The molecule has 2 saturated heterocycles. The number of urea groups is 1. The molecule has 0 radical (unpaired) electrons. The molecule has 1 atom stereocenters. The fourth-order valence-corrected chi connectivity index (χ4v) is 6.36. The Balaban J connectivity index is 1.27. The number of benzene rings is 3. The minimum atomic E-state index is -0.532. The molecule has 0 saturated carbocycles. The lowest BCUT2D eigenvalue weighted by molar-refractivity contribution is -0.135. The molecule has 0 aliphatic carbocycles. The largest absolute Gasteiger partial charge is 0.457 e. The Morgan fingerprint density at radius 2 is 1.64 bits per heavy atom. The predicted octanol–water partition coefficient (Wildman–Crippen LogP) is 6.47. The maximum Gasteiger partial charge on any atom is 0.332 e. The van der Waals surface area contributed by atoms with E-state index in [1.165, 1.54) is 9.80 Å². The topological polar surface area (TPSA) is 88.0 Å². The molecule has 44 heavy (non-hydrogen) atoms. The lowest BCUT2D eigenvalue weighted by Crippen LogP contribution is -2.42. The third-order valence-electron chi connectivity index (χ3n) is 8.78. The van der Waals surface area contributed by atoms with Crippen LogP contribution in [0.5, 0.6) is 11.5 Å². The summed E-state index contributed by atoms with van der Waals surface area (Å²) in [5, 5.41) is 0. The van der Waals surface area contributed by atoms with E-state index in [1.807, 2.05) is 79.8 Å². The maximum atomic E-state index is 14.1. The van der Waals surface area contributed by atoms with Crippen LogP contribution in [-0.2, 0) is 16.6 Å². The number of aryl methyl sites for hydroxylation is 2. The zero-order valence-electron chi connectivity index (χ0n) is 25.8. The van der Waals surface area contributed by atoms with E-state index in [2.05, 4.69) is 6.07 Å². The number of para-hydroxylation sites is 1. The summed E-state index contributed by atoms with van der Waals surface area (Å²) in [5.41, 5.74) is 3.55. The highest BCUT2D eigenvalue weighted by molar-refractivity contribution is 6.12. The molecule has 9 nitrogen and oxygen atoms in total. The summed E-state index contributed by atoms with van der Waals surface area (Å²) in [6, 6.07) is 21.9. The van der Waals surface area contributed by atoms with Crippen molar-refractivity contribution in [3.63, 3.8) is 0 Å². The summed E-state index contributed by atoms with van der Waals surface area (Å²) in [6.07, 6.45) is 2.23. The first-order valence-electron chi connectivity index (χ1n) is 15.4. The number of hydrogen-bond acceptors (Lipinski definition) is 5. The normalized spacial score (nSPS) is 16.8. The molecular formula is C35H39N5O4. The van der Waals surface area contributed by atoms with E-state index in [0.29, 0.717) is 36.8 Å². The molecule has 3 aromatic carbocycles. The molecule has 228 valence electrons. The number of imide groups is 1. The Morgan fingerprint density at radius 1 is 0.955 bits per heavy atom. The third-order valence-corrected chi connectivity index (χ3v) is 8.78. The first-order valence-corrected chi connectivity index (χ1v) is 15.4. The van der Waals surface area contributed by atoms with Crippen LogP contribution in [0.3, 0.4) is 0 Å². The van der Waals surface area contributed by atoms with Gasteiger partial charge in [0.15, 0.2) is 0 Å². The Morgan fingerprint density at radius 3 is 2.32 bits per heavy atom. The van der Waals surface area contributed by atoms with E-state index in [1.54, 1.807) is 24.3 Å². The van der Waals surface area contributed by atoms with Gasteiger partial charge in [0.25, 0.3) is 5.91 Å². The number of nitrogens with zero attached hydrogens (tertiary/aromatic N) is 5. The zero-order valence-corrected chi connectivity index (χ0v) is 25.8. The molecule has 9 heteroatoms. The molecule has 2 aliphatic rings. The number of amides is 4. The van der Waals surface area contributed by atoms with Crippen LogP contribution >= 0.6 is 0 Å². The fourth-order valence-electron chi connectivity index (χ4n) is 6.36. The van der Waals surface area contributed by atoms with Gasteiger partial charge >= 0.3 is 6.03 Å². The van der Waals surface area contributed by atoms with Gasteiger partial charge in [-0.1, -0.05) is 38.1 Å². The number of imidazole rings is 1. The number of likely N-dealkylation sites (tertiary alicyclic amines) is 1. The van der Waals surface area contributed by atoms with E-state index < -0.39 is 6.04 Å². The Hall–Kier alpha value is -4.66. The average molecular weight is 594 g/mol. The van der Waals surface area contributed by atoms with Crippen LogP contribution in [0, 0.1) is 18.8 Å². The molecule has 3 heterocycles. The van der Waals surface area contributed by atoms with Crippen LogP contribution in [0.1, 0.15) is 50.5 Å². The number of rotatable bonds is 8. The van der Waals surface area contributed by atoms with Crippen molar-refractivity contribution < 1.29 is 19.1 Å². The summed E-state index contributed by atoms with van der Waals surface area (Å²) < 4.78 is 7.93. The lowest BCUT2D eigenvalue weighted by atomic mass is 9.89. The fraction of sp³-hybridized carbons (Fsp3) is 0.371. The maximum absolute atomic E-state index is 14.1. The summed E-state index contributed by atoms with van der Waals surface area (Å²) in [5.74, 6) is 2.19. The summed E-state index contributed by atoms with van der Waals surface area (Å²) in [6.45, 7) is 7.22. The van der Waals surface area contributed by atoms with Crippen LogP contribution in [0.2, 0.25) is 0 Å². The molecule has 0 unspecified atom stereocenters. The van der Waals surface area contributed by atoms with Crippen molar-refractivity contribution in [2.45, 2.75) is 46.1 Å². The number of fused-ring (bicyclic) bond motifs is 1. The predicted molar refractivity (Wildman–Crippen MR) is 169 cm³/mol. The second-order valence-electron chi connectivity index (χ2n) is 12.2. The van der Waals surface area contributed by atoms with Gasteiger partial charge in [-0.05, 0) is 86.2 Å². The van der Waals surface area contributed by atoms with Crippen molar-refractivity contribution >= 4 is 34.6 Å². The average Bonchev–Trinajstić information content (AvgIpc) is 3.51. The molecule has 0 N–H and O–H groups in total. The van der Waals surface area contributed by atoms with Crippen molar-refractivity contribution in [1.29, 1.82) is 0 Å². The van der Waals surface area contributed by atoms with Gasteiger partial charge in [-0.25, -0.2) is 9.78 Å². The molecule has 0 spiro atoms. The number of anilines is 1. The first kappa shape index (κ1) is 29.4. The number of carbonyl (C=O) groups is 3. The first-order chi connectivity index (χ1) is 21.2. The number of hydrogen-bond donors (Lipinski definition) is 0. The van der Waals surface area contributed by atoms with Gasteiger partial charge in [0.05, 0.1) is 17.1 Å². The van der Waals surface area contributed by atoms with Crippen molar-refractivity contribution in [3.05, 3.63) is 84.2 Å². The SMILES string of the molecule is Cc1ccc2nc([C@@H](CC3CCN(C(=O)C(C)C)CC3)N3C(=O)CN(c4ccc(Oc5ccccc5)cc4)C3=O)n(C)c2c1. The molecule has 4 aromatic rings. The molecule has 0 bridgehead atoms. The van der Waals surface area contributed by atoms with Gasteiger partial charge in [-0.2, -0.15) is 0 Å². The summed E-state index contributed by atoms with van der Waals surface area (Å²) in [7, 11) is 1.95. The van der Waals surface area contributed by atoms with Gasteiger partial charge < -0.3 is 14.2 Å². The Bertz CT molecular complexity index is 1670. The second-order valence-corrected chi connectivity index (χ2v) is 12.2. The minimum absolute atomic E-state index is 0.0347. The molecule has 2 aliphatic heterocycles. The van der Waals surface area contributed by atoms with Crippen molar-refractivity contribution in [1.82, 2.24) is 19.4 Å². The number of ether oxygens (including phenoxy) is 1. The number of aromatic nitrogens is 2. The van der Waals surface area contributed by atoms with E-state index >= 15 is 0 Å². The van der Waals surface area contributed by atoms with Gasteiger partial charge in [0.2, 0.25) is 5.91 Å². The van der Waals surface area contributed by atoms with Gasteiger partial charge in [-0.15, -0.1) is 0 Å². The monoisotopic (exact) mass is 593 g/mol. The molecule has 4 amide bonds. The van der Waals surface area contributed by atoms with Crippen LogP contribution in [-0.4, -0.2) is 56.8 Å². The third kappa shape index (κ3) is 5.78. The van der Waals surface area contributed by atoms with Crippen molar-refractivity contribution in [3.8, 4) is 11.5 Å². The zero-order chi connectivity index (χ0) is 31.0. The lowest BCUT2D eigenvalue weighted by Gasteiger charge is -2.36. The van der Waals surface area contributed by atoms with E-state index in [-0.39, 0.29) is 36.2 Å². The Labute approximate surface area is 258 Å². The highest BCUT2D eigenvalue weighted by Crippen LogP contribution is 2.37. The number of carbonyl (C=O) groups excluding carboxylic acids is 3. The van der Waals surface area contributed by atoms with E-state index in [9.17, 15) is 14.4 Å². The van der Waals surface area contributed by atoms with Crippen molar-refractivity contribution in [2.75, 3.05) is 24.5 Å². The van der Waals surface area contributed by atoms with Crippen LogP contribution in [0.15, 0.2) is 72.8 Å².